The minimum atomic E-state index is -0.513. The molecule has 0 radical (unpaired) electrons. The van der Waals surface area contributed by atoms with Crippen molar-refractivity contribution >= 4 is 35.7 Å². The first-order chi connectivity index (χ1) is 11.6. The monoisotopic (exact) mass is 383 g/mol. The van der Waals surface area contributed by atoms with Crippen molar-refractivity contribution in [1.82, 2.24) is 15.5 Å². The van der Waals surface area contributed by atoms with Gasteiger partial charge in [0.25, 0.3) is 5.89 Å². The SMILES string of the molecule is Cl.NC1(c2noc(-c3cc(N4CCNC4=O)ccc3Cl)n2)CCCC1. The van der Waals surface area contributed by atoms with Gasteiger partial charge in [-0.1, -0.05) is 29.6 Å². The summed E-state index contributed by atoms with van der Waals surface area (Å²) >= 11 is 6.30. The Morgan fingerprint density at radius 1 is 1.32 bits per heavy atom. The van der Waals surface area contributed by atoms with Crippen molar-refractivity contribution in [3.8, 4) is 11.5 Å². The van der Waals surface area contributed by atoms with E-state index in [0.29, 0.717) is 35.4 Å². The lowest BCUT2D eigenvalue weighted by Gasteiger charge is -2.17. The Kier molecular flexibility index (Phi) is 4.90. The summed E-state index contributed by atoms with van der Waals surface area (Å²) < 4.78 is 5.41. The van der Waals surface area contributed by atoms with Crippen LogP contribution in [-0.4, -0.2) is 29.3 Å². The third kappa shape index (κ3) is 3.19. The molecule has 1 aliphatic carbocycles. The summed E-state index contributed by atoms with van der Waals surface area (Å²) in [6.07, 6.45) is 3.85. The molecule has 2 aromatic rings. The highest BCUT2D eigenvalue weighted by Crippen LogP contribution is 2.37. The fraction of sp³-hybridized carbons (Fsp3) is 0.438. The summed E-state index contributed by atoms with van der Waals surface area (Å²) in [5, 5.41) is 7.33. The number of hydrogen-bond acceptors (Lipinski definition) is 5. The number of urea groups is 1. The van der Waals surface area contributed by atoms with E-state index in [1.165, 1.54) is 0 Å². The van der Waals surface area contributed by atoms with Gasteiger partial charge in [-0.25, -0.2) is 4.79 Å². The molecule has 3 N–H and O–H groups in total. The molecule has 25 heavy (non-hydrogen) atoms. The number of nitrogens with zero attached hydrogens (tertiary/aromatic N) is 3. The van der Waals surface area contributed by atoms with Gasteiger partial charge in [-0.3, -0.25) is 4.90 Å². The van der Waals surface area contributed by atoms with E-state index in [2.05, 4.69) is 15.5 Å². The fourth-order valence-electron chi connectivity index (χ4n) is 3.33. The fourth-order valence-corrected chi connectivity index (χ4v) is 3.53. The number of halogens is 2. The molecule has 1 aromatic carbocycles. The molecule has 1 saturated carbocycles. The topological polar surface area (TPSA) is 97.3 Å². The maximum absolute atomic E-state index is 11.8. The first-order valence-corrected chi connectivity index (χ1v) is 8.43. The van der Waals surface area contributed by atoms with Crippen LogP contribution in [0.5, 0.6) is 0 Å². The van der Waals surface area contributed by atoms with Gasteiger partial charge in [0.1, 0.15) is 0 Å². The molecule has 1 saturated heterocycles. The number of hydrogen-bond donors (Lipinski definition) is 2. The second-order valence-electron chi connectivity index (χ2n) is 6.33. The Labute approximate surface area is 156 Å². The van der Waals surface area contributed by atoms with Gasteiger partial charge in [0, 0.05) is 18.8 Å². The Balaban J connectivity index is 0.00000182. The van der Waals surface area contributed by atoms with Crippen LogP contribution in [0.4, 0.5) is 10.5 Å². The number of nitrogens with two attached hydrogens (primary N) is 1. The maximum atomic E-state index is 11.8. The summed E-state index contributed by atoms with van der Waals surface area (Å²) in [7, 11) is 0. The van der Waals surface area contributed by atoms with Crippen LogP contribution in [0.25, 0.3) is 11.5 Å². The molecule has 2 heterocycles. The molecule has 2 aliphatic rings. The van der Waals surface area contributed by atoms with Crippen molar-refractivity contribution < 1.29 is 9.32 Å². The Hall–Kier alpha value is -1.83. The Bertz CT molecular complexity index is 789. The zero-order chi connectivity index (χ0) is 16.7. The normalized spacial score (nSPS) is 19.0. The predicted octanol–water partition coefficient (Wildman–Crippen LogP) is 3.07. The van der Waals surface area contributed by atoms with Gasteiger partial charge in [-0.05, 0) is 31.0 Å². The number of aromatic nitrogens is 2. The van der Waals surface area contributed by atoms with Gasteiger partial charge >= 0.3 is 6.03 Å². The van der Waals surface area contributed by atoms with Crippen molar-refractivity contribution in [3.63, 3.8) is 0 Å². The molecule has 0 bridgehead atoms. The Morgan fingerprint density at radius 2 is 2.08 bits per heavy atom. The average molecular weight is 384 g/mol. The maximum Gasteiger partial charge on any atom is 0.321 e. The minimum absolute atomic E-state index is 0. The molecular weight excluding hydrogens is 365 g/mol. The first kappa shape index (κ1) is 18.0. The molecule has 1 aromatic heterocycles. The molecule has 0 unspecified atom stereocenters. The molecule has 2 fully saturated rings. The van der Waals surface area contributed by atoms with E-state index in [4.69, 9.17) is 21.9 Å². The van der Waals surface area contributed by atoms with E-state index in [9.17, 15) is 4.79 Å². The largest absolute Gasteiger partial charge is 0.336 e. The van der Waals surface area contributed by atoms with Gasteiger partial charge < -0.3 is 15.6 Å². The van der Waals surface area contributed by atoms with Gasteiger partial charge in [-0.15, -0.1) is 12.4 Å². The number of nitrogens with one attached hydrogen (secondary N) is 1. The molecule has 9 heteroatoms. The highest BCUT2D eigenvalue weighted by atomic mass is 35.5. The van der Waals surface area contributed by atoms with Crippen LogP contribution in [0.15, 0.2) is 22.7 Å². The minimum Gasteiger partial charge on any atom is -0.336 e. The molecule has 1 aliphatic heterocycles. The molecule has 0 spiro atoms. The second kappa shape index (κ2) is 6.82. The lowest BCUT2D eigenvalue weighted by atomic mass is 9.99. The molecule has 134 valence electrons. The van der Waals surface area contributed by atoms with Crippen molar-refractivity contribution in [3.05, 3.63) is 29.0 Å². The lowest BCUT2D eigenvalue weighted by molar-refractivity contribution is 0.252. The first-order valence-electron chi connectivity index (χ1n) is 8.05. The number of carbonyl (C=O) groups excluding carboxylic acids is 1. The quantitative estimate of drug-likeness (QED) is 0.848. The van der Waals surface area contributed by atoms with Gasteiger partial charge in [0.15, 0.2) is 5.82 Å². The van der Waals surface area contributed by atoms with Crippen LogP contribution >= 0.6 is 24.0 Å². The zero-order valence-electron chi connectivity index (χ0n) is 13.5. The highest BCUT2D eigenvalue weighted by molar-refractivity contribution is 6.33. The molecule has 7 nitrogen and oxygen atoms in total. The van der Waals surface area contributed by atoms with Crippen molar-refractivity contribution in [2.45, 2.75) is 31.2 Å². The van der Waals surface area contributed by atoms with Gasteiger partial charge in [0.05, 0.1) is 16.1 Å². The standard InChI is InChI=1S/C16H18ClN5O2.ClH/c17-12-4-3-10(22-8-7-19-15(22)23)9-11(12)13-20-14(21-24-13)16(18)5-1-2-6-16;/h3-4,9H,1-2,5-8,18H2,(H,19,23);1H. The number of carbonyl (C=O) groups is 1. The summed E-state index contributed by atoms with van der Waals surface area (Å²) in [4.78, 5) is 18.0. The van der Waals surface area contributed by atoms with Crippen LogP contribution in [0.1, 0.15) is 31.5 Å². The van der Waals surface area contributed by atoms with Crippen LogP contribution in [0.2, 0.25) is 5.02 Å². The molecule has 4 rings (SSSR count). The van der Waals surface area contributed by atoms with Gasteiger partial charge in [0.2, 0.25) is 0 Å². The molecule has 0 atom stereocenters. The van der Waals surface area contributed by atoms with Gasteiger partial charge in [-0.2, -0.15) is 4.98 Å². The average Bonchev–Trinajstić information content (AvgIpc) is 3.29. The van der Waals surface area contributed by atoms with Crippen molar-refractivity contribution in [1.29, 1.82) is 0 Å². The van der Waals surface area contributed by atoms with E-state index in [1.54, 1.807) is 23.1 Å². The van der Waals surface area contributed by atoms with Crippen LogP contribution in [-0.2, 0) is 5.54 Å². The highest BCUT2D eigenvalue weighted by Gasteiger charge is 2.36. The third-order valence-corrected chi connectivity index (χ3v) is 5.05. The number of anilines is 1. The summed E-state index contributed by atoms with van der Waals surface area (Å²) in [5.41, 5.74) is 7.21. The second-order valence-corrected chi connectivity index (χ2v) is 6.74. The van der Waals surface area contributed by atoms with E-state index in [1.807, 2.05) is 0 Å². The zero-order valence-corrected chi connectivity index (χ0v) is 15.1. The molecular formula is C16H19Cl2N5O2. The van der Waals surface area contributed by atoms with E-state index in [0.717, 1.165) is 31.4 Å². The number of benzene rings is 1. The van der Waals surface area contributed by atoms with E-state index < -0.39 is 5.54 Å². The summed E-state index contributed by atoms with van der Waals surface area (Å²) in [5.74, 6) is 0.851. The predicted molar refractivity (Wildman–Crippen MR) is 97.1 cm³/mol. The van der Waals surface area contributed by atoms with Crippen LogP contribution < -0.4 is 16.0 Å². The number of amides is 2. The summed E-state index contributed by atoms with van der Waals surface area (Å²) in [6, 6.07) is 5.20. The van der Waals surface area contributed by atoms with Crippen molar-refractivity contribution in [2.24, 2.45) is 5.73 Å². The van der Waals surface area contributed by atoms with E-state index in [-0.39, 0.29) is 18.4 Å². The summed E-state index contributed by atoms with van der Waals surface area (Å²) in [6.45, 7) is 1.23. The molecule has 2 amide bonds. The van der Waals surface area contributed by atoms with E-state index >= 15 is 0 Å². The smallest absolute Gasteiger partial charge is 0.321 e. The van der Waals surface area contributed by atoms with Crippen LogP contribution in [0.3, 0.4) is 0 Å². The van der Waals surface area contributed by atoms with Crippen molar-refractivity contribution in [2.75, 3.05) is 18.0 Å². The Morgan fingerprint density at radius 3 is 2.76 bits per heavy atom. The third-order valence-electron chi connectivity index (χ3n) is 4.72. The van der Waals surface area contributed by atoms with Crippen LogP contribution in [0, 0.1) is 0 Å². The number of rotatable bonds is 3. The lowest BCUT2D eigenvalue weighted by Crippen LogP contribution is -2.34.